The van der Waals surface area contributed by atoms with Gasteiger partial charge in [-0.3, -0.25) is 9.69 Å². The fourth-order valence-corrected chi connectivity index (χ4v) is 3.74. The van der Waals surface area contributed by atoms with Crippen molar-refractivity contribution in [3.63, 3.8) is 0 Å². The van der Waals surface area contributed by atoms with E-state index in [-0.39, 0.29) is 18.4 Å². The number of morpholine rings is 1. The number of amides is 1. The second-order valence-corrected chi connectivity index (χ2v) is 7.53. The third-order valence-electron chi connectivity index (χ3n) is 5.46. The Morgan fingerprint density at radius 3 is 2.53 bits per heavy atom. The van der Waals surface area contributed by atoms with Crippen molar-refractivity contribution in [3.8, 4) is 0 Å². The van der Waals surface area contributed by atoms with Crippen molar-refractivity contribution >= 4 is 11.9 Å². The van der Waals surface area contributed by atoms with Gasteiger partial charge in [0.05, 0.1) is 25.4 Å². The van der Waals surface area contributed by atoms with Crippen molar-refractivity contribution in [2.24, 2.45) is 0 Å². The Bertz CT molecular complexity index is 885. The number of rotatable bonds is 8. The average Bonchev–Trinajstić information content (AvgIpc) is 3.02. The zero-order valence-electron chi connectivity index (χ0n) is 18.1. The van der Waals surface area contributed by atoms with Crippen LogP contribution in [-0.2, 0) is 33.9 Å². The van der Waals surface area contributed by atoms with Gasteiger partial charge >= 0.3 is 5.97 Å². The smallest absolute Gasteiger partial charge is 0.339 e. The third kappa shape index (κ3) is 5.49. The molecule has 1 aromatic heterocycles. The van der Waals surface area contributed by atoms with Crippen LogP contribution in [0.4, 0.5) is 0 Å². The Morgan fingerprint density at radius 1 is 1.13 bits per heavy atom. The predicted octanol–water partition coefficient (Wildman–Crippen LogP) is 2.43. The largest absolute Gasteiger partial charge is 0.462 e. The molecule has 3 rings (SSSR count). The summed E-state index contributed by atoms with van der Waals surface area (Å²) in [6.45, 7) is 10.7. The van der Waals surface area contributed by atoms with E-state index in [2.05, 4.69) is 22.3 Å². The van der Waals surface area contributed by atoms with Gasteiger partial charge in [-0.25, -0.2) is 4.79 Å². The standard InChI is InChI=1S/C23H31N3O4/c1-4-30-23(28)21-13-17(2)26(18(21)3)16-22(27)24-14-19-7-5-6-8-20(19)15-25-9-11-29-12-10-25/h5-8,13H,4,9-12,14-16H2,1-3H3,(H,24,27). The van der Waals surface area contributed by atoms with Crippen LogP contribution >= 0.6 is 0 Å². The molecule has 2 aromatic rings. The highest BCUT2D eigenvalue weighted by atomic mass is 16.5. The predicted molar refractivity (Wildman–Crippen MR) is 114 cm³/mol. The molecule has 0 unspecified atom stereocenters. The molecular weight excluding hydrogens is 382 g/mol. The van der Waals surface area contributed by atoms with Crippen molar-refractivity contribution in [2.45, 2.75) is 40.4 Å². The number of hydrogen-bond acceptors (Lipinski definition) is 5. The monoisotopic (exact) mass is 413 g/mol. The number of benzene rings is 1. The number of hydrogen-bond donors (Lipinski definition) is 1. The Labute approximate surface area is 178 Å². The number of nitrogens with one attached hydrogen (secondary N) is 1. The van der Waals surface area contributed by atoms with E-state index in [1.807, 2.05) is 30.5 Å². The van der Waals surface area contributed by atoms with Crippen LogP contribution in [0.25, 0.3) is 0 Å². The molecule has 0 radical (unpaired) electrons. The van der Waals surface area contributed by atoms with Gasteiger partial charge in [0.25, 0.3) is 0 Å². The highest BCUT2D eigenvalue weighted by Crippen LogP contribution is 2.17. The minimum Gasteiger partial charge on any atom is -0.462 e. The molecule has 0 atom stereocenters. The molecule has 7 heteroatoms. The van der Waals surface area contributed by atoms with Gasteiger partial charge in [-0.15, -0.1) is 0 Å². The summed E-state index contributed by atoms with van der Waals surface area (Å²) in [5.74, 6) is -0.442. The maximum Gasteiger partial charge on any atom is 0.339 e. The first-order chi connectivity index (χ1) is 14.5. The molecule has 1 aliphatic rings. The van der Waals surface area contributed by atoms with Gasteiger partial charge in [-0.1, -0.05) is 24.3 Å². The molecule has 7 nitrogen and oxygen atoms in total. The van der Waals surface area contributed by atoms with Crippen molar-refractivity contribution < 1.29 is 19.1 Å². The lowest BCUT2D eigenvalue weighted by Gasteiger charge is -2.27. The SMILES string of the molecule is CCOC(=O)c1cc(C)n(CC(=O)NCc2ccccc2CN2CCOCC2)c1C. The molecule has 0 spiro atoms. The van der Waals surface area contributed by atoms with E-state index in [0.717, 1.165) is 49.8 Å². The van der Waals surface area contributed by atoms with Crippen LogP contribution in [0.1, 0.15) is 39.8 Å². The highest BCUT2D eigenvalue weighted by Gasteiger charge is 2.18. The molecule has 30 heavy (non-hydrogen) atoms. The maximum absolute atomic E-state index is 12.6. The van der Waals surface area contributed by atoms with E-state index in [4.69, 9.17) is 9.47 Å². The first kappa shape index (κ1) is 22.1. The third-order valence-corrected chi connectivity index (χ3v) is 5.46. The first-order valence-corrected chi connectivity index (χ1v) is 10.5. The van der Waals surface area contributed by atoms with Crippen LogP contribution in [0.5, 0.6) is 0 Å². The summed E-state index contributed by atoms with van der Waals surface area (Å²) in [7, 11) is 0. The minimum absolute atomic E-state index is 0.0895. The summed E-state index contributed by atoms with van der Waals surface area (Å²) in [6.07, 6.45) is 0. The van der Waals surface area contributed by atoms with E-state index in [1.165, 1.54) is 5.56 Å². The van der Waals surface area contributed by atoms with Gasteiger partial charge in [0, 0.05) is 37.6 Å². The van der Waals surface area contributed by atoms with Crippen LogP contribution < -0.4 is 5.32 Å². The molecule has 1 aliphatic heterocycles. The fourth-order valence-electron chi connectivity index (χ4n) is 3.74. The Balaban J connectivity index is 1.61. The Morgan fingerprint density at radius 2 is 1.83 bits per heavy atom. The van der Waals surface area contributed by atoms with Gasteiger partial charge < -0.3 is 19.4 Å². The molecular formula is C23H31N3O4. The van der Waals surface area contributed by atoms with Crippen LogP contribution in [0.3, 0.4) is 0 Å². The zero-order valence-corrected chi connectivity index (χ0v) is 18.1. The molecule has 2 heterocycles. The maximum atomic E-state index is 12.6. The number of carbonyl (C=O) groups is 2. The summed E-state index contributed by atoms with van der Waals surface area (Å²) in [4.78, 5) is 27.1. The van der Waals surface area contributed by atoms with Crippen LogP contribution in [0.2, 0.25) is 0 Å². The normalized spacial score (nSPS) is 14.5. The van der Waals surface area contributed by atoms with Gasteiger partial charge in [0.15, 0.2) is 0 Å². The fraction of sp³-hybridized carbons (Fsp3) is 0.478. The van der Waals surface area contributed by atoms with Crippen LogP contribution in [-0.4, -0.2) is 54.3 Å². The first-order valence-electron chi connectivity index (χ1n) is 10.5. The summed E-state index contributed by atoms with van der Waals surface area (Å²) in [5.41, 5.74) is 4.45. The number of aryl methyl sites for hydroxylation is 1. The van der Waals surface area contributed by atoms with Gasteiger partial charge in [-0.05, 0) is 38.0 Å². The van der Waals surface area contributed by atoms with Gasteiger partial charge in [0.2, 0.25) is 5.91 Å². The van der Waals surface area contributed by atoms with E-state index >= 15 is 0 Å². The van der Waals surface area contributed by atoms with Crippen LogP contribution in [0, 0.1) is 13.8 Å². The topological polar surface area (TPSA) is 72.8 Å². The lowest BCUT2D eigenvalue weighted by atomic mass is 10.1. The zero-order chi connectivity index (χ0) is 21.5. The number of aromatic nitrogens is 1. The number of nitrogens with zero attached hydrogens (tertiary/aromatic N) is 2. The van der Waals surface area contributed by atoms with E-state index in [1.54, 1.807) is 13.0 Å². The molecule has 0 aliphatic carbocycles. The van der Waals surface area contributed by atoms with Crippen molar-refractivity contribution in [1.29, 1.82) is 0 Å². The summed E-state index contributed by atoms with van der Waals surface area (Å²) >= 11 is 0. The lowest BCUT2D eigenvalue weighted by Crippen LogP contribution is -2.36. The molecule has 162 valence electrons. The van der Waals surface area contributed by atoms with Gasteiger partial charge in [0.1, 0.15) is 6.54 Å². The molecule has 1 N–H and O–H groups in total. The summed E-state index contributed by atoms with van der Waals surface area (Å²) < 4.78 is 12.4. The van der Waals surface area contributed by atoms with E-state index in [9.17, 15) is 9.59 Å². The number of carbonyl (C=O) groups excluding carboxylic acids is 2. The average molecular weight is 414 g/mol. The van der Waals surface area contributed by atoms with Crippen molar-refractivity contribution in [1.82, 2.24) is 14.8 Å². The van der Waals surface area contributed by atoms with E-state index < -0.39 is 0 Å². The number of ether oxygens (including phenoxy) is 2. The minimum atomic E-state index is -0.353. The second-order valence-electron chi connectivity index (χ2n) is 7.53. The quantitative estimate of drug-likeness (QED) is 0.673. The van der Waals surface area contributed by atoms with E-state index in [0.29, 0.717) is 18.7 Å². The molecule has 1 amide bonds. The molecule has 0 bridgehead atoms. The lowest BCUT2D eigenvalue weighted by molar-refractivity contribution is -0.121. The Kier molecular flexibility index (Phi) is 7.65. The summed E-state index contributed by atoms with van der Waals surface area (Å²) in [5, 5.41) is 3.02. The molecule has 1 aromatic carbocycles. The molecule has 1 fully saturated rings. The molecule has 0 saturated carbocycles. The second kappa shape index (κ2) is 10.4. The summed E-state index contributed by atoms with van der Waals surface area (Å²) in [6, 6.07) is 9.98. The number of esters is 1. The van der Waals surface area contributed by atoms with Crippen molar-refractivity contribution in [3.05, 3.63) is 58.4 Å². The Hall–Kier alpha value is -2.64. The highest BCUT2D eigenvalue weighted by molar-refractivity contribution is 5.91. The van der Waals surface area contributed by atoms with Crippen molar-refractivity contribution in [2.75, 3.05) is 32.9 Å². The molecule has 1 saturated heterocycles. The van der Waals surface area contributed by atoms with Crippen LogP contribution in [0.15, 0.2) is 30.3 Å². The van der Waals surface area contributed by atoms with Gasteiger partial charge in [-0.2, -0.15) is 0 Å².